The van der Waals surface area contributed by atoms with Crippen molar-refractivity contribution < 1.29 is 9.59 Å². The molecule has 0 rings (SSSR count). The van der Waals surface area contributed by atoms with Gasteiger partial charge in [-0.1, -0.05) is 20.8 Å². The highest BCUT2D eigenvalue weighted by Gasteiger charge is 2.21. The fourth-order valence-electron chi connectivity index (χ4n) is 0.807. The van der Waals surface area contributed by atoms with Gasteiger partial charge >= 0.3 is 6.03 Å². The summed E-state index contributed by atoms with van der Waals surface area (Å²) in [6.07, 6.45) is 0. The van der Waals surface area contributed by atoms with E-state index in [0.717, 1.165) is 0 Å². The van der Waals surface area contributed by atoms with Crippen molar-refractivity contribution in [1.82, 2.24) is 5.32 Å². The minimum atomic E-state index is -0.800. The summed E-state index contributed by atoms with van der Waals surface area (Å²) in [5.41, 5.74) is 4.81. The number of imide groups is 1. The lowest BCUT2D eigenvalue weighted by atomic mass is 10.3. The van der Waals surface area contributed by atoms with Gasteiger partial charge in [0.25, 0.3) is 0 Å². The number of primary amides is 1. The van der Waals surface area contributed by atoms with Crippen molar-refractivity contribution in [2.75, 3.05) is 0 Å². The predicted molar refractivity (Wildman–Crippen MR) is 54.5 cm³/mol. The second-order valence-corrected chi connectivity index (χ2v) is 5.89. The van der Waals surface area contributed by atoms with Crippen LogP contribution in [0.4, 0.5) is 4.79 Å². The Morgan fingerprint density at radius 3 is 2.15 bits per heavy atom. The van der Waals surface area contributed by atoms with Crippen LogP contribution in [-0.4, -0.2) is 21.9 Å². The third kappa shape index (κ3) is 6.45. The standard InChI is InChI=1S/C8H16N2O2S/c1-5(13-8(2,3)4)6(11)10-7(9)12/h5H,1-4H3,(H3,9,10,11,12). The van der Waals surface area contributed by atoms with Gasteiger partial charge in [-0.2, -0.15) is 0 Å². The predicted octanol–water partition coefficient (Wildman–Crippen LogP) is 1.10. The summed E-state index contributed by atoms with van der Waals surface area (Å²) in [6.45, 7) is 7.76. The molecule has 4 nitrogen and oxygen atoms in total. The average molecular weight is 204 g/mol. The third-order valence-corrected chi connectivity index (χ3v) is 2.42. The highest BCUT2D eigenvalue weighted by molar-refractivity contribution is 8.01. The summed E-state index contributed by atoms with van der Waals surface area (Å²) in [4.78, 5) is 21.6. The van der Waals surface area contributed by atoms with Crippen LogP contribution < -0.4 is 11.1 Å². The zero-order chi connectivity index (χ0) is 10.6. The van der Waals surface area contributed by atoms with Crippen molar-refractivity contribution in [1.29, 1.82) is 0 Å². The van der Waals surface area contributed by atoms with E-state index in [9.17, 15) is 9.59 Å². The molecule has 5 heteroatoms. The largest absolute Gasteiger partial charge is 0.351 e. The Balaban J connectivity index is 4.04. The van der Waals surface area contributed by atoms with Gasteiger partial charge in [0, 0.05) is 4.75 Å². The second-order valence-electron chi connectivity index (χ2n) is 3.73. The topological polar surface area (TPSA) is 72.2 Å². The molecule has 0 saturated heterocycles. The van der Waals surface area contributed by atoms with E-state index in [1.165, 1.54) is 11.8 Å². The number of hydrogen-bond acceptors (Lipinski definition) is 3. The second kappa shape index (κ2) is 4.50. The van der Waals surface area contributed by atoms with Crippen molar-refractivity contribution in [3.05, 3.63) is 0 Å². The summed E-state index contributed by atoms with van der Waals surface area (Å²) in [5, 5.41) is 1.77. The summed E-state index contributed by atoms with van der Waals surface area (Å²) in [5.74, 6) is -0.340. The van der Waals surface area contributed by atoms with Gasteiger partial charge in [-0.25, -0.2) is 4.79 Å². The molecule has 0 aromatic heterocycles. The maximum absolute atomic E-state index is 11.2. The Labute approximate surface area is 82.6 Å². The maximum Gasteiger partial charge on any atom is 0.318 e. The van der Waals surface area contributed by atoms with E-state index in [0.29, 0.717) is 0 Å². The quantitative estimate of drug-likeness (QED) is 0.707. The fraction of sp³-hybridized carbons (Fsp3) is 0.750. The number of nitrogens with one attached hydrogen (secondary N) is 1. The number of carbonyl (C=O) groups is 2. The lowest BCUT2D eigenvalue weighted by Crippen LogP contribution is -2.40. The minimum Gasteiger partial charge on any atom is -0.351 e. The minimum absolute atomic E-state index is 0.00555. The molecule has 0 aliphatic rings. The molecule has 3 N–H and O–H groups in total. The molecule has 0 radical (unpaired) electrons. The summed E-state index contributed by atoms with van der Waals surface area (Å²) in [7, 11) is 0. The zero-order valence-electron chi connectivity index (χ0n) is 8.38. The van der Waals surface area contributed by atoms with Crippen LogP contribution in [0.15, 0.2) is 0 Å². The molecule has 1 atom stereocenters. The van der Waals surface area contributed by atoms with Crippen LogP contribution in [0.25, 0.3) is 0 Å². The molecule has 0 aromatic rings. The number of rotatable bonds is 2. The highest BCUT2D eigenvalue weighted by atomic mass is 32.2. The van der Waals surface area contributed by atoms with Gasteiger partial charge in [-0.15, -0.1) is 11.8 Å². The van der Waals surface area contributed by atoms with Gasteiger partial charge in [0.1, 0.15) is 0 Å². The molecule has 0 spiro atoms. The molecular formula is C8H16N2O2S. The molecule has 0 aliphatic carbocycles. The van der Waals surface area contributed by atoms with Crippen molar-refractivity contribution in [3.8, 4) is 0 Å². The Kier molecular flexibility index (Phi) is 4.26. The van der Waals surface area contributed by atoms with E-state index < -0.39 is 6.03 Å². The molecule has 0 fully saturated rings. The van der Waals surface area contributed by atoms with Crippen LogP contribution >= 0.6 is 11.8 Å². The lowest BCUT2D eigenvalue weighted by molar-refractivity contribution is -0.119. The smallest absolute Gasteiger partial charge is 0.318 e. The van der Waals surface area contributed by atoms with E-state index in [1.54, 1.807) is 6.92 Å². The Bertz CT molecular complexity index is 211. The summed E-state index contributed by atoms with van der Waals surface area (Å²) in [6, 6.07) is -0.800. The zero-order valence-corrected chi connectivity index (χ0v) is 9.20. The molecule has 0 aromatic carbocycles. The van der Waals surface area contributed by atoms with Crippen LogP contribution in [-0.2, 0) is 4.79 Å². The van der Waals surface area contributed by atoms with Crippen molar-refractivity contribution in [2.24, 2.45) is 5.73 Å². The monoisotopic (exact) mass is 204 g/mol. The molecule has 76 valence electrons. The normalized spacial score (nSPS) is 13.5. The van der Waals surface area contributed by atoms with Crippen molar-refractivity contribution in [2.45, 2.75) is 37.7 Å². The van der Waals surface area contributed by atoms with E-state index in [2.05, 4.69) is 0 Å². The first-order valence-corrected chi connectivity index (χ1v) is 4.88. The van der Waals surface area contributed by atoms with Crippen molar-refractivity contribution >= 4 is 23.7 Å². The van der Waals surface area contributed by atoms with E-state index >= 15 is 0 Å². The average Bonchev–Trinajstić information content (AvgIpc) is 1.81. The number of carbonyl (C=O) groups excluding carboxylic acids is 2. The Morgan fingerprint density at radius 2 is 1.85 bits per heavy atom. The molecule has 0 aliphatic heterocycles. The van der Waals surface area contributed by atoms with Crippen molar-refractivity contribution in [3.63, 3.8) is 0 Å². The molecule has 13 heavy (non-hydrogen) atoms. The lowest BCUT2D eigenvalue weighted by Gasteiger charge is -2.21. The van der Waals surface area contributed by atoms with E-state index in [1.807, 2.05) is 26.1 Å². The highest BCUT2D eigenvalue weighted by Crippen LogP contribution is 2.27. The van der Waals surface area contributed by atoms with Gasteiger partial charge in [-0.05, 0) is 6.92 Å². The van der Waals surface area contributed by atoms with Crippen LogP contribution in [0.3, 0.4) is 0 Å². The molecular weight excluding hydrogens is 188 g/mol. The number of thioether (sulfide) groups is 1. The molecule has 3 amide bonds. The van der Waals surface area contributed by atoms with Gasteiger partial charge in [0.15, 0.2) is 0 Å². The third-order valence-electron chi connectivity index (χ3n) is 1.15. The molecule has 1 unspecified atom stereocenters. The summed E-state index contributed by atoms with van der Waals surface area (Å²) >= 11 is 1.49. The number of hydrogen-bond donors (Lipinski definition) is 2. The number of urea groups is 1. The molecule has 0 heterocycles. The van der Waals surface area contributed by atoms with Crippen LogP contribution in [0.1, 0.15) is 27.7 Å². The van der Waals surface area contributed by atoms with Crippen LogP contribution in [0.5, 0.6) is 0 Å². The van der Waals surface area contributed by atoms with Gasteiger partial charge < -0.3 is 5.73 Å². The SMILES string of the molecule is CC(SC(C)(C)C)C(=O)NC(N)=O. The maximum atomic E-state index is 11.2. The van der Waals surface area contributed by atoms with Gasteiger partial charge in [0.05, 0.1) is 5.25 Å². The number of amides is 3. The molecule has 0 saturated carbocycles. The van der Waals surface area contributed by atoms with Crippen LogP contribution in [0, 0.1) is 0 Å². The molecule has 0 bridgehead atoms. The number of nitrogens with two attached hydrogens (primary N) is 1. The first-order valence-electron chi connectivity index (χ1n) is 4.00. The van der Waals surface area contributed by atoms with E-state index in [4.69, 9.17) is 5.73 Å². The van der Waals surface area contributed by atoms with Gasteiger partial charge in [-0.3, -0.25) is 10.1 Å². The Morgan fingerprint density at radius 1 is 1.38 bits per heavy atom. The summed E-state index contributed by atoms with van der Waals surface area (Å²) < 4.78 is -0.00555. The Hall–Kier alpha value is -0.710. The fourth-order valence-corrected chi connectivity index (χ4v) is 2.03. The van der Waals surface area contributed by atoms with E-state index in [-0.39, 0.29) is 15.9 Å². The van der Waals surface area contributed by atoms with Crippen LogP contribution in [0.2, 0.25) is 0 Å². The first-order chi connectivity index (χ1) is 5.72. The van der Waals surface area contributed by atoms with Gasteiger partial charge in [0.2, 0.25) is 5.91 Å². The first kappa shape index (κ1) is 12.3.